The molecule has 0 radical (unpaired) electrons. The molecule has 0 aliphatic heterocycles. The van der Waals surface area contributed by atoms with E-state index in [0.717, 1.165) is 11.5 Å². The van der Waals surface area contributed by atoms with E-state index in [1.54, 1.807) is 11.8 Å². The van der Waals surface area contributed by atoms with Crippen LogP contribution >= 0.6 is 11.8 Å². The third kappa shape index (κ3) is 4.22. The fourth-order valence-electron chi connectivity index (χ4n) is 0.947. The molecule has 0 saturated carbocycles. The maximum absolute atomic E-state index is 5.64. The van der Waals surface area contributed by atoms with Gasteiger partial charge in [0.2, 0.25) is 11.8 Å². The van der Waals surface area contributed by atoms with Crippen molar-refractivity contribution in [2.24, 2.45) is 5.73 Å². The Morgan fingerprint density at radius 1 is 1.40 bits per heavy atom. The Morgan fingerprint density at radius 2 is 2.07 bits per heavy atom. The fraction of sp³-hybridized carbons (Fsp3) is 0.800. The van der Waals surface area contributed by atoms with Crippen LogP contribution in [0.4, 0.5) is 0 Å². The van der Waals surface area contributed by atoms with Gasteiger partial charge >= 0.3 is 0 Å². The topological polar surface area (TPSA) is 64.9 Å². The van der Waals surface area contributed by atoms with Crippen LogP contribution in [-0.2, 0) is 11.2 Å². The van der Waals surface area contributed by atoms with Crippen molar-refractivity contribution in [1.82, 2.24) is 10.2 Å². The van der Waals surface area contributed by atoms with E-state index >= 15 is 0 Å². The van der Waals surface area contributed by atoms with Gasteiger partial charge in [-0.15, -0.1) is 10.2 Å². The quantitative estimate of drug-likeness (QED) is 0.854. The second-order valence-electron chi connectivity index (χ2n) is 4.74. The molecule has 1 aromatic heterocycles. The van der Waals surface area contributed by atoms with Crippen LogP contribution < -0.4 is 5.73 Å². The van der Waals surface area contributed by atoms with Crippen molar-refractivity contribution in [2.75, 3.05) is 5.75 Å². The van der Waals surface area contributed by atoms with Gasteiger partial charge in [-0.3, -0.25) is 0 Å². The Bertz CT molecular complexity index is 304. The maximum Gasteiger partial charge on any atom is 0.226 e. The Hall–Kier alpha value is -0.550. The van der Waals surface area contributed by atoms with Crippen LogP contribution in [-0.4, -0.2) is 22.0 Å². The number of nitrogens with zero attached hydrogens (tertiary/aromatic N) is 2. The van der Waals surface area contributed by atoms with Crippen molar-refractivity contribution in [3.8, 4) is 0 Å². The largest absolute Gasteiger partial charge is 0.424 e. The SMILES string of the molecule is CC(N)CSCc1nnc(C(C)(C)C)o1. The van der Waals surface area contributed by atoms with Gasteiger partial charge in [-0.1, -0.05) is 20.8 Å². The summed E-state index contributed by atoms with van der Waals surface area (Å²) in [4.78, 5) is 0. The van der Waals surface area contributed by atoms with Crippen molar-refractivity contribution >= 4 is 11.8 Å². The number of thioether (sulfide) groups is 1. The number of hydrogen-bond donors (Lipinski definition) is 1. The van der Waals surface area contributed by atoms with Crippen LogP contribution in [0, 0.1) is 0 Å². The Kier molecular flexibility index (Phi) is 4.16. The summed E-state index contributed by atoms with van der Waals surface area (Å²) in [5, 5.41) is 8.03. The molecule has 4 nitrogen and oxygen atoms in total. The average molecular weight is 229 g/mol. The third-order valence-corrected chi connectivity index (χ3v) is 2.93. The highest BCUT2D eigenvalue weighted by Crippen LogP contribution is 2.21. The molecule has 0 fully saturated rings. The molecule has 0 aromatic carbocycles. The summed E-state index contributed by atoms with van der Waals surface area (Å²) in [6, 6.07) is 0.208. The van der Waals surface area contributed by atoms with Gasteiger partial charge in [-0.25, -0.2) is 0 Å². The molecule has 0 aliphatic rings. The van der Waals surface area contributed by atoms with Gasteiger partial charge in [0.1, 0.15) is 0 Å². The van der Waals surface area contributed by atoms with Crippen LogP contribution in [0.25, 0.3) is 0 Å². The number of nitrogens with two attached hydrogens (primary N) is 1. The lowest BCUT2D eigenvalue weighted by atomic mass is 9.97. The molecule has 2 N–H and O–H groups in total. The number of hydrogen-bond acceptors (Lipinski definition) is 5. The summed E-state index contributed by atoms with van der Waals surface area (Å²) in [5.41, 5.74) is 5.57. The molecule has 0 saturated heterocycles. The first kappa shape index (κ1) is 12.5. The van der Waals surface area contributed by atoms with Crippen LogP contribution in [0.5, 0.6) is 0 Å². The van der Waals surface area contributed by atoms with Crippen LogP contribution in [0.2, 0.25) is 0 Å². The van der Waals surface area contributed by atoms with Crippen molar-refractivity contribution in [3.63, 3.8) is 0 Å². The van der Waals surface area contributed by atoms with E-state index < -0.39 is 0 Å². The first-order valence-corrected chi connectivity index (χ1v) is 6.21. The standard InChI is InChI=1S/C10H19N3OS/c1-7(11)5-15-6-8-12-13-9(14-8)10(2,3)4/h7H,5-6,11H2,1-4H3. The Morgan fingerprint density at radius 3 is 2.53 bits per heavy atom. The number of aromatic nitrogens is 2. The minimum absolute atomic E-state index is 0.0723. The molecule has 1 heterocycles. The molecular formula is C10H19N3OS. The van der Waals surface area contributed by atoms with Gasteiger partial charge in [0, 0.05) is 17.2 Å². The summed E-state index contributed by atoms with van der Waals surface area (Å²) in [6.07, 6.45) is 0. The van der Waals surface area contributed by atoms with E-state index in [-0.39, 0.29) is 11.5 Å². The van der Waals surface area contributed by atoms with E-state index in [4.69, 9.17) is 10.2 Å². The molecule has 0 aliphatic carbocycles. The van der Waals surface area contributed by atoms with Gasteiger partial charge in [0.05, 0.1) is 5.75 Å². The van der Waals surface area contributed by atoms with Crippen molar-refractivity contribution in [2.45, 2.75) is 44.9 Å². The molecule has 0 bridgehead atoms. The molecule has 15 heavy (non-hydrogen) atoms. The molecule has 86 valence electrons. The highest BCUT2D eigenvalue weighted by atomic mass is 32.2. The lowest BCUT2D eigenvalue weighted by Crippen LogP contribution is -2.17. The minimum atomic E-state index is -0.0723. The molecule has 5 heteroatoms. The summed E-state index contributed by atoms with van der Waals surface area (Å²) < 4.78 is 5.55. The van der Waals surface area contributed by atoms with E-state index in [9.17, 15) is 0 Å². The third-order valence-electron chi connectivity index (χ3n) is 1.71. The van der Waals surface area contributed by atoms with Gasteiger partial charge in [0.15, 0.2) is 0 Å². The average Bonchev–Trinajstić information content (AvgIpc) is 2.51. The Balaban J connectivity index is 2.47. The number of rotatable bonds is 4. The molecule has 1 atom stereocenters. The summed E-state index contributed by atoms with van der Waals surface area (Å²) >= 11 is 1.72. The minimum Gasteiger partial charge on any atom is -0.424 e. The van der Waals surface area contributed by atoms with Gasteiger partial charge in [-0.05, 0) is 6.92 Å². The first-order chi connectivity index (χ1) is 6.89. The smallest absolute Gasteiger partial charge is 0.226 e. The fourth-order valence-corrected chi connectivity index (χ4v) is 1.73. The van der Waals surface area contributed by atoms with Crippen molar-refractivity contribution in [1.29, 1.82) is 0 Å². The Labute approximate surface area is 95.0 Å². The molecule has 1 aromatic rings. The summed E-state index contributed by atoms with van der Waals surface area (Å²) in [6.45, 7) is 8.15. The second-order valence-corrected chi connectivity index (χ2v) is 5.77. The van der Waals surface area contributed by atoms with E-state index in [0.29, 0.717) is 11.8 Å². The lowest BCUT2D eigenvalue weighted by Gasteiger charge is -2.10. The highest BCUT2D eigenvalue weighted by Gasteiger charge is 2.21. The lowest BCUT2D eigenvalue weighted by molar-refractivity contribution is 0.378. The molecule has 1 unspecified atom stereocenters. The predicted molar refractivity (Wildman–Crippen MR) is 62.8 cm³/mol. The zero-order valence-corrected chi connectivity index (χ0v) is 10.6. The second kappa shape index (κ2) is 4.99. The van der Waals surface area contributed by atoms with Crippen LogP contribution in [0.1, 0.15) is 39.5 Å². The van der Waals surface area contributed by atoms with E-state index in [1.165, 1.54) is 0 Å². The zero-order chi connectivity index (χ0) is 11.5. The molecule has 0 spiro atoms. The first-order valence-electron chi connectivity index (χ1n) is 5.06. The normalized spacial score (nSPS) is 14.2. The van der Waals surface area contributed by atoms with Gasteiger partial charge < -0.3 is 10.2 Å². The monoisotopic (exact) mass is 229 g/mol. The zero-order valence-electron chi connectivity index (χ0n) is 9.78. The van der Waals surface area contributed by atoms with E-state index in [2.05, 4.69) is 31.0 Å². The van der Waals surface area contributed by atoms with Crippen molar-refractivity contribution in [3.05, 3.63) is 11.8 Å². The van der Waals surface area contributed by atoms with Gasteiger partial charge in [-0.2, -0.15) is 11.8 Å². The molecule has 1 rings (SSSR count). The van der Waals surface area contributed by atoms with E-state index in [1.807, 2.05) is 6.92 Å². The maximum atomic E-state index is 5.64. The van der Waals surface area contributed by atoms with Gasteiger partial charge in [0.25, 0.3) is 0 Å². The molecular weight excluding hydrogens is 210 g/mol. The summed E-state index contributed by atoms with van der Waals surface area (Å²) in [7, 11) is 0. The summed E-state index contributed by atoms with van der Waals surface area (Å²) in [5.74, 6) is 3.03. The van der Waals surface area contributed by atoms with Crippen LogP contribution in [0.15, 0.2) is 4.42 Å². The van der Waals surface area contributed by atoms with Crippen molar-refractivity contribution < 1.29 is 4.42 Å². The predicted octanol–water partition coefficient (Wildman–Crippen LogP) is 1.95. The highest BCUT2D eigenvalue weighted by molar-refractivity contribution is 7.98. The molecule has 0 amide bonds. The van der Waals surface area contributed by atoms with Crippen LogP contribution in [0.3, 0.4) is 0 Å².